The van der Waals surface area contributed by atoms with Gasteiger partial charge in [0, 0.05) is 18.5 Å². The highest BCUT2D eigenvalue weighted by Crippen LogP contribution is 2.21. The standard InChI is InChI=1S/C21H31BFNO9/c1-21(2,3)33-20(27)24-16(19(25)26)11-13-10-14(23)12-15(22(28)29)18(13)32-9-8-31-17-6-4-5-7-30-17/h10,12,16-17,28-29H,4-9,11H2,1-3H3,(H,24,27)(H,25,26)/t16-,17?/m0/s1. The molecule has 1 fully saturated rings. The topological polar surface area (TPSA) is 144 Å². The minimum Gasteiger partial charge on any atom is -0.491 e. The third-order valence-corrected chi connectivity index (χ3v) is 4.62. The smallest absolute Gasteiger partial charge is 0.491 e. The van der Waals surface area contributed by atoms with E-state index in [9.17, 15) is 29.1 Å². The zero-order valence-corrected chi connectivity index (χ0v) is 19.0. The number of carboxylic acids is 1. The Morgan fingerprint density at radius 3 is 2.58 bits per heavy atom. The molecule has 184 valence electrons. The van der Waals surface area contributed by atoms with Crippen LogP contribution in [0.3, 0.4) is 0 Å². The minimum absolute atomic E-state index is 0.0236. The van der Waals surface area contributed by atoms with Gasteiger partial charge in [-0.3, -0.25) is 0 Å². The highest BCUT2D eigenvalue weighted by Gasteiger charge is 2.28. The maximum atomic E-state index is 14.2. The van der Waals surface area contributed by atoms with Crippen LogP contribution >= 0.6 is 0 Å². The first-order valence-corrected chi connectivity index (χ1v) is 10.7. The predicted molar refractivity (Wildman–Crippen MR) is 116 cm³/mol. The van der Waals surface area contributed by atoms with Crippen molar-refractivity contribution in [2.45, 2.75) is 64.4 Å². The molecule has 33 heavy (non-hydrogen) atoms. The molecule has 0 spiro atoms. The van der Waals surface area contributed by atoms with E-state index in [0.717, 1.165) is 31.4 Å². The summed E-state index contributed by atoms with van der Waals surface area (Å²) in [6, 6.07) is 0.407. The average Bonchev–Trinajstić information content (AvgIpc) is 2.70. The van der Waals surface area contributed by atoms with E-state index in [4.69, 9.17) is 18.9 Å². The summed E-state index contributed by atoms with van der Waals surface area (Å²) in [7, 11) is -2.07. The summed E-state index contributed by atoms with van der Waals surface area (Å²) in [4.78, 5) is 23.8. The molecular formula is C21H31BFNO9. The second-order valence-electron chi connectivity index (χ2n) is 8.61. The lowest BCUT2D eigenvalue weighted by molar-refractivity contribution is -0.165. The van der Waals surface area contributed by atoms with Crippen LogP contribution in [-0.4, -0.2) is 72.1 Å². The highest BCUT2D eigenvalue weighted by molar-refractivity contribution is 6.59. The molecule has 1 saturated heterocycles. The second-order valence-corrected chi connectivity index (χ2v) is 8.61. The number of carbonyl (C=O) groups is 2. The van der Waals surface area contributed by atoms with Crippen LogP contribution in [0.1, 0.15) is 45.6 Å². The van der Waals surface area contributed by atoms with Gasteiger partial charge in [-0.1, -0.05) is 0 Å². The van der Waals surface area contributed by atoms with Gasteiger partial charge in [-0.25, -0.2) is 14.0 Å². The van der Waals surface area contributed by atoms with Crippen LogP contribution in [0.5, 0.6) is 5.75 Å². The minimum atomic E-state index is -2.07. The van der Waals surface area contributed by atoms with Crippen molar-refractivity contribution in [3.63, 3.8) is 0 Å². The molecule has 0 aromatic heterocycles. The predicted octanol–water partition coefficient (Wildman–Crippen LogP) is 0.948. The lowest BCUT2D eigenvalue weighted by Crippen LogP contribution is -2.45. The van der Waals surface area contributed by atoms with E-state index in [-0.39, 0.29) is 36.3 Å². The number of carbonyl (C=O) groups excluding carboxylic acids is 1. The van der Waals surface area contributed by atoms with E-state index in [1.54, 1.807) is 20.8 Å². The van der Waals surface area contributed by atoms with E-state index in [2.05, 4.69) is 5.32 Å². The first-order valence-electron chi connectivity index (χ1n) is 10.7. The number of hydrogen-bond acceptors (Lipinski definition) is 8. The van der Waals surface area contributed by atoms with Crippen LogP contribution in [0.15, 0.2) is 12.1 Å². The van der Waals surface area contributed by atoms with E-state index in [1.165, 1.54) is 0 Å². The third kappa shape index (κ3) is 9.16. The average molecular weight is 471 g/mol. The van der Waals surface area contributed by atoms with E-state index in [1.807, 2.05) is 0 Å². The molecule has 1 aliphatic rings. The molecule has 1 amide bonds. The van der Waals surface area contributed by atoms with Gasteiger partial charge in [-0.2, -0.15) is 0 Å². The Labute approximate surface area is 192 Å². The SMILES string of the molecule is CC(C)(C)OC(=O)N[C@@H](Cc1cc(F)cc(B(O)O)c1OCCOC1CCCCO1)C(=O)O. The molecular weight excluding hydrogens is 440 g/mol. The Morgan fingerprint density at radius 1 is 1.27 bits per heavy atom. The molecule has 0 radical (unpaired) electrons. The molecule has 1 heterocycles. The summed E-state index contributed by atoms with van der Waals surface area (Å²) in [5.74, 6) is -2.31. The first kappa shape index (κ1) is 26.8. The summed E-state index contributed by atoms with van der Waals surface area (Å²) >= 11 is 0. The van der Waals surface area contributed by atoms with Crippen LogP contribution in [-0.2, 0) is 25.4 Å². The van der Waals surface area contributed by atoms with Gasteiger partial charge in [-0.05, 0) is 57.7 Å². The maximum Gasteiger partial charge on any atom is 0.492 e. The normalized spacial score (nSPS) is 17.2. The van der Waals surface area contributed by atoms with Crippen molar-refractivity contribution in [3.05, 3.63) is 23.5 Å². The van der Waals surface area contributed by atoms with Gasteiger partial charge in [0.15, 0.2) is 6.29 Å². The Kier molecular flexibility index (Phi) is 9.90. The van der Waals surface area contributed by atoms with Crippen molar-refractivity contribution in [3.8, 4) is 5.75 Å². The Hall–Kier alpha value is -2.41. The summed E-state index contributed by atoms with van der Waals surface area (Å²) < 4.78 is 35.9. The van der Waals surface area contributed by atoms with Crippen molar-refractivity contribution in [1.82, 2.24) is 5.32 Å². The third-order valence-electron chi connectivity index (χ3n) is 4.62. The number of aliphatic carboxylic acids is 1. The monoisotopic (exact) mass is 471 g/mol. The summed E-state index contributed by atoms with van der Waals surface area (Å²) in [5.41, 5.74) is -1.10. The lowest BCUT2D eigenvalue weighted by Gasteiger charge is -2.24. The Balaban J connectivity index is 2.15. The molecule has 0 bridgehead atoms. The first-order chi connectivity index (χ1) is 15.5. The number of nitrogens with one attached hydrogen (secondary N) is 1. The fraction of sp³-hybridized carbons (Fsp3) is 0.619. The second kappa shape index (κ2) is 12.2. The van der Waals surface area contributed by atoms with Crippen LogP contribution in [0.2, 0.25) is 0 Å². The molecule has 2 atom stereocenters. The van der Waals surface area contributed by atoms with Crippen LogP contribution < -0.4 is 15.5 Å². The number of halogens is 1. The fourth-order valence-corrected chi connectivity index (χ4v) is 3.23. The van der Waals surface area contributed by atoms with E-state index < -0.39 is 43.1 Å². The number of hydrogen-bond donors (Lipinski definition) is 4. The molecule has 0 aliphatic carbocycles. The van der Waals surface area contributed by atoms with Crippen molar-refractivity contribution in [2.24, 2.45) is 0 Å². The van der Waals surface area contributed by atoms with Crippen molar-refractivity contribution >= 4 is 24.6 Å². The van der Waals surface area contributed by atoms with Crippen LogP contribution in [0.25, 0.3) is 0 Å². The van der Waals surface area contributed by atoms with Gasteiger partial charge < -0.3 is 39.4 Å². The molecule has 0 saturated carbocycles. The molecule has 1 aromatic rings. The number of amides is 1. The van der Waals surface area contributed by atoms with Crippen LogP contribution in [0.4, 0.5) is 9.18 Å². The Morgan fingerprint density at radius 2 is 2.00 bits per heavy atom. The van der Waals surface area contributed by atoms with E-state index in [0.29, 0.717) is 6.61 Å². The Bertz CT molecular complexity index is 810. The van der Waals surface area contributed by atoms with Crippen molar-refractivity contribution in [1.29, 1.82) is 0 Å². The zero-order chi connectivity index (χ0) is 24.6. The van der Waals surface area contributed by atoms with Gasteiger partial charge in [0.25, 0.3) is 0 Å². The quantitative estimate of drug-likeness (QED) is 0.290. The number of alkyl carbamates (subject to hydrolysis) is 1. The van der Waals surface area contributed by atoms with Crippen LogP contribution in [0, 0.1) is 5.82 Å². The maximum absolute atomic E-state index is 14.2. The lowest BCUT2D eigenvalue weighted by atomic mass is 9.78. The summed E-state index contributed by atoms with van der Waals surface area (Å²) in [5, 5.41) is 31.1. The molecule has 4 N–H and O–H groups in total. The molecule has 12 heteroatoms. The van der Waals surface area contributed by atoms with Crippen molar-refractivity contribution in [2.75, 3.05) is 19.8 Å². The zero-order valence-electron chi connectivity index (χ0n) is 19.0. The van der Waals surface area contributed by atoms with Gasteiger partial charge >= 0.3 is 19.2 Å². The molecule has 10 nitrogen and oxygen atoms in total. The molecule has 2 rings (SSSR count). The molecule has 1 aliphatic heterocycles. The number of rotatable bonds is 10. The van der Waals surface area contributed by atoms with Gasteiger partial charge in [-0.15, -0.1) is 0 Å². The van der Waals surface area contributed by atoms with Crippen molar-refractivity contribution < 1.29 is 48.1 Å². The van der Waals surface area contributed by atoms with Gasteiger partial charge in [0.1, 0.15) is 29.8 Å². The number of carboxylic acid groups (broad SMARTS) is 1. The van der Waals surface area contributed by atoms with Gasteiger partial charge in [0.2, 0.25) is 0 Å². The summed E-state index contributed by atoms with van der Waals surface area (Å²) in [6.45, 7) is 5.55. The molecule has 1 aromatic carbocycles. The number of benzene rings is 1. The summed E-state index contributed by atoms with van der Waals surface area (Å²) in [6.07, 6.45) is 0.988. The largest absolute Gasteiger partial charge is 0.492 e. The van der Waals surface area contributed by atoms with E-state index >= 15 is 0 Å². The van der Waals surface area contributed by atoms with Gasteiger partial charge in [0.05, 0.1) is 6.61 Å². The molecule has 1 unspecified atom stereocenters. The fourth-order valence-electron chi connectivity index (χ4n) is 3.23. The highest BCUT2D eigenvalue weighted by atomic mass is 19.1. The number of ether oxygens (including phenoxy) is 4.